The smallest absolute Gasteiger partial charge is 0.198 e. The molecule has 1 atom stereocenters. The molecule has 5 heteroatoms. The van der Waals surface area contributed by atoms with Crippen molar-refractivity contribution in [1.29, 1.82) is 5.41 Å². The zero-order chi connectivity index (χ0) is 8.69. The second-order valence-electron chi connectivity index (χ2n) is 1.76. The topological polar surface area (TPSA) is 57.5 Å². The normalized spacial score (nSPS) is 14.3. The van der Waals surface area contributed by atoms with Crippen molar-refractivity contribution in [2.45, 2.75) is 20.1 Å². The van der Waals surface area contributed by atoms with Crippen LogP contribution in [0.2, 0.25) is 0 Å². The van der Waals surface area contributed by atoms with Crippen LogP contribution in [0.25, 0.3) is 0 Å². The third-order valence-corrected chi connectivity index (χ3v) is 1.10. The number of nitrogens with zero attached hydrogens (tertiary/aromatic N) is 1. The Morgan fingerprint density at radius 3 is 3.00 bits per heavy atom. The van der Waals surface area contributed by atoms with Gasteiger partial charge in [-0.1, -0.05) is 0 Å². The fourth-order valence-corrected chi connectivity index (χ4v) is 0.727. The molecule has 0 aliphatic heterocycles. The molecule has 0 saturated carbocycles. The number of hydrogen-bond donors (Lipinski definition) is 2. The van der Waals surface area contributed by atoms with E-state index in [1.54, 1.807) is 6.92 Å². The Labute approximate surface area is 71.1 Å². The lowest BCUT2D eigenvalue weighted by atomic mass is 10.7. The maximum absolute atomic E-state index is 6.64. The van der Waals surface area contributed by atoms with Gasteiger partial charge in [0.15, 0.2) is 5.29 Å². The standard InChI is InChI=1S/C6H12ClN3O/c1-3-11-5(2)10-6(7)9-4-8/h4-5H,3H2,1-2H3,(H2,8,9,10). The molecule has 0 radical (unpaired) electrons. The maximum atomic E-state index is 6.64. The highest BCUT2D eigenvalue weighted by Crippen LogP contribution is 1.93. The van der Waals surface area contributed by atoms with Gasteiger partial charge in [0, 0.05) is 6.61 Å². The highest BCUT2D eigenvalue weighted by Gasteiger charge is 1.97. The summed E-state index contributed by atoms with van der Waals surface area (Å²) in [6.45, 7) is 4.25. The lowest BCUT2D eigenvalue weighted by molar-refractivity contribution is 0.0832. The molecule has 0 amide bonds. The van der Waals surface area contributed by atoms with Gasteiger partial charge in [-0.15, -0.1) is 0 Å². The fourth-order valence-electron chi connectivity index (χ4n) is 0.535. The van der Waals surface area contributed by atoms with Crippen molar-refractivity contribution in [1.82, 2.24) is 5.32 Å². The van der Waals surface area contributed by atoms with Crippen LogP contribution in [-0.4, -0.2) is 24.5 Å². The van der Waals surface area contributed by atoms with E-state index in [2.05, 4.69) is 10.3 Å². The van der Waals surface area contributed by atoms with Crippen LogP contribution in [0.3, 0.4) is 0 Å². The number of amidine groups is 1. The minimum Gasteiger partial charge on any atom is -0.357 e. The zero-order valence-corrected chi connectivity index (χ0v) is 7.35. The first kappa shape index (κ1) is 10.4. The van der Waals surface area contributed by atoms with Crippen LogP contribution in [-0.2, 0) is 4.74 Å². The van der Waals surface area contributed by atoms with E-state index in [0.29, 0.717) is 6.61 Å². The third-order valence-electron chi connectivity index (χ3n) is 0.894. The van der Waals surface area contributed by atoms with Crippen LogP contribution in [0.1, 0.15) is 13.8 Å². The summed E-state index contributed by atoms with van der Waals surface area (Å²) < 4.78 is 5.07. The summed E-state index contributed by atoms with van der Waals surface area (Å²) in [5.41, 5.74) is 0. The van der Waals surface area contributed by atoms with Crippen molar-refractivity contribution in [3.8, 4) is 0 Å². The van der Waals surface area contributed by atoms with Gasteiger partial charge in [0.1, 0.15) is 6.23 Å². The molecule has 0 saturated heterocycles. The molecule has 0 aliphatic rings. The molecule has 0 rings (SSSR count). The summed E-state index contributed by atoms with van der Waals surface area (Å²) in [6, 6.07) is 0. The molecule has 2 N–H and O–H groups in total. The van der Waals surface area contributed by atoms with Crippen LogP contribution >= 0.6 is 11.6 Å². The predicted octanol–water partition coefficient (Wildman–Crippen LogP) is 1.16. The van der Waals surface area contributed by atoms with E-state index >= 15 is 0 Å². The second kappa shape index (κ2) is 6.12. The summed E-state index contributed by atoms with van der Waals surface area (Å²) in [7, 11) is 0. The Hall–Kier alpha value is -0.610. The summed E-state index contributed by atoms with van der Waals surface area (Å²) >= 11 is 5.52. The number of halogens is 1. The second-order valence-corrected chi connectivity index (χ2v) is 2.12. The van der Waals surface area contributed by atoms with E-state index in [4.69, 9.17) is 21.7 Å². The average molecular weight is 178 g/mol. The highest BCUT2D eigenvalue weighted by molar-refractivity contribution is 6.65. The van der Waals surface area contributed by atoms with Gasteiger partial charge >= 0.3 is 0 Å². The lowest BCUT2D eigenvalue weighted by Gasteiger charge is -2.05. The zero-order valence-electron chi connectivity index (χ0n) is 6.60. The van der Waals surface area contributed by atoms with Gasteiger partial charge in [-0.25, -0.2) is 4.99 Å². The van der Waals surface area contributed by atoms with Crippen molar-refractivity contribution in [2.24, 2.45) is 4.99 Å². The van der Waals surface area contributed by atoms with Crippen molar-refractivity contribution >= 4 is 23.2 Å². The van der Waals surface area contributed by atoms with Gasteiger partial charge in [0.05, 0.1) is 6.34 Å². The minimum atomic E-state index is -0.264. The molecular formula is C6H12ClN3O. The number of ether oxygens (including phenoxy) is 1. The first-order valence-electron chi connectivity index (χ1n) is 3.31. The molecule has 11 heavy (non-hydrogen) atoms. The Kier molecular flexibility index (Phi) is 5.78. The van der Waals surface area contributed by atoms with Gasteiger partial charge in [-0.05, 0) is 25.4 Å². The summed E-state index contributed by atoms with van der Waals surface area (Å²) in [6.07, 6.45) is 0.699. The monoisotopic (exact) mass is 177 g/mol. The number of rotatable bonds is 4. The van der Waals surface area contributed by atoms with E-state index in [-0.39, 0.29) is 11.5 Å². The van der Waals surface area contributed by atoms with E-state index in [0.717, 1.165) is 6.34 Å². The molecule has 0 aliphatic carbocycles. The van der Waals surface area contributed by atoms with Crippen LogP contribution < -0.4 is 5.32 Å². The molecule has 0 heterocycles. The van der Waals surface area contributed by atoms with Crippen LogP contribution in [0.5, 0.6) is 0 Å². The molecule has 0 aromatic heterocycles. The Morgan fingerprint density at radius 1 is 1.91 bits per heavy atom. The largest absolute Gasteiger partial charge is 0.357 e. The SMILES string of the molecule is CCOC(C)N=C(Cl)NC=N. The Balaban J connectivity index is 3.75. The van der Waals surface area contributed by atoms with Crippen LogP contribution in [0.4, 0.5) is 0 Å². The molecule has 0 fully saturated rings. The van der Waals surface area contributed by atoms with Gasteiger partial charge in [0.2, 0.25) is 0 Å². The molecule has 0 aromatic rings. The fraction of sp³-hybridized carbons (Fsp3) is 0.667. The number of nitrogens with one attached hydrogen (secondary N) is 2. The molecule has 4 nitrogen and oxygen atoms in total. The summed E-state index contributed by atoms with van der Waals surface area (Å²) in [4.78, 5) is 3.85. The van der Waals surface area contributed by atoms with Gasteiger partial charge in [0.25, 0.3) is 0 Å². The van der Waals surface area contributed by atoms with Crippen molar-refractivity contribution in [2.75, 3.05) is 6.61 Å². The van der Waals surface area contributed by atoms with Gasteiger partial charge < -0.3 is 10.1 Å². The summed E-state index contributed by atoms with van der Waals surface area (Å²) in [5, 5.41) is 9.22. The quantitative estimate of drug-likeness (QED) is 0.385. The summed E-state index contributed by atoms with van der Waals surface area (Å²) in [5.74, 6) is 0. The van der Waals surface area contributed by atoms with Crippen LogP contribution in [0, 0.1) is 5.41 Å². The molecule has 0 bridgehead atoms. The number of aliphatic imine (C=N–C) groups is 1. The van der Waals surface area contributed by atoms with E-state index < -0.39 is 0 Å². The Morgan fingerprint density at radius 2 is 2.55 bits per heavy atom. The maximum Gasteiger partial charge on any atom is 0.198 e. The van der Waals surface area contributed by atoms with E-state index in [9.17, 15) is 0 Å². The van der Waals surface area contributed by atoms with Crippen molar-refractivity contribution in [3.05, 3.63) is 0 Å². The first-order valence-corrected chi connectivity index (χ1v) is 3.68. The van der Waals surface area contributed by atoms with Gasteiger partial charge in [-0.2, -0.15) is 0 Å². The average Bonchev–Trinajstić information content (AvgIpc) is 1.87. The molecule has 64 valence electrons. The molecule has 0 aromatic carbocycles. The predicted molar refractivity (Wildman–Crippen MR) is 46.3 cm³/mol. The van der Waals surface area contributed by atoms with E-state index in [1.165, 1.54) is 0 Å². The van der Waals surface area contributed by atoms with Gasteiger partial charge in [-0.3, -0.25) is 5.41 Å². The Bertz CT molecular complexity index is 149. The lowest BCUT2D eigenvalue weighted by Crippen LogP contribution is -2.18. The third kappa shape index (κ3) is 5.82. The highest BCUT2D eigenvalue weighted by atomic mass is 35.5. The minimum absolute atomic E-state index is 0.168. The van der Waals surface area contributed by atoms with Crippen LogP contribution in [0.15, 0.2) is 4.99 Å². The van der Waals surface area contributed by atoms with Crippen molar-refractivity contribution in [3.63, 3.8) is 0 Å². The molecular weight excluding hydrogens is 166 g/mol. The molecule has 0 spiro atoms. The van der Waals surface area contributed by atoms with Crippen molar-refractivity contribution < 1.29 is 4.74 Å². The first-order chi connectivity index (χ1) is 5.20. The molecule has 1 unspecified atom stereocenters. The number of hydrogen-bond acceptors (Lipinski definition) is 3. The van der Waals surface area contributed by atoms with E-state index in [1.807, 2.05) is 6.92 Å².